The zero-order valence-electron chi connectivity index (χ0n) is 8.04. The van der Waals surface area contributed by atoms with E-state index < -0.39 is 17.7 Å². The lowest BCUT2D eigenvalue weighted by Crippen LogP contribution is -2.16. The number of hydrogen-bond acceptors (Lipinski definition) is 2. The van der Waals surface area contributed by atoms with Crippen molar-refractivity contribution in [3.8, 4) is 0 Å². The fraction of sp³-hybridized carbons (Fsp3) is 0.300. The highest BCUT2D eigenvalue weighted by Gasteiger charge is 2.20. The molecule has 1 atom stereocenters. The van der Waals surface area contributed by atoms with Crippen LogP contribution in [0, 0.1) is 5.82 Å². The first kappa shape index (κ1) is 11.9. The number of ether oxygens (including phenoxy) is 1. The van der Waals surface area contributed by atoms with E-state index in [4.69, 9.17) is 21.4 Å². The van der Waals surface area contributed by atoms with Crippen LogP contribution in [0.3, 0.4) is 0 Å². The van der Waals surface area contributed by atoms with E-state index in [-0.39, 0.29) is 11.6 Å². The van der Waals surface area contributed by atoms with Gasteiger partial charge in [-0.2, -0.15) is 0 Å². The molecule has 0 heterocycles. The maximum Gasteiger partial charge on any atom is 0.313 e. The lowest BCUT2D eigenvalue weighted by Gasteiger charge is -2.11. The fourth-order valence-corrected chi connectivity index (χ4v) is 1.39. The van der Waals surface area contributed by atoms with Gasteiger partial charge in [-0.05, 0) is 17.7 Å². The molecule has 0 bridgehead atoms. The van der Waals surface area contributed by atoms with E-state index in [1.54, 1.807) is 0 Å². The first-order valence-electron chi connectivity index (χ1n) is 4.23. The molecule has 5 heteroatoms. The number of carboxylic acid groups (broad SMARTS) is 1. The molecule has 3 nitrogen and oxygen atoms in total. The Kier molecular flexibility index (Phi) is 4.05. The van der Waals surface area contributed by atoms with Crippen molar-refractivity contribution in [3.63, 3.8) is 0 Å². The van der Waals surface area contributed by atoms with E-state index in [2.05, 4.69) is 0 Å². The summed E-state index contributed by atoms with van der Waals surface area (Å²) in [6.45, 7) is 0.0251. The third kappa shape index (κ3) is 2.91. The third-order valence-electron chi connectivity index (χ3n) is 1.98. The minimum atomic E-state index is -1.03. The van der Waals surface area contributed by atoms with Crippen LogP contribution in [0.1, 0.15) is 11.5 Å². The van der Waals surface area contributed by atoms with E-state index in [1.807, 2.05) is 0 Å². The highest BCUT2D eigenvalue weighted by Crippen LogP contribution is 2.22. The summed E-state index contributed by atoms with van der Waals surface area (Å²) in [5, 5.41) is 8.81. The predicted molar refractivity (Wildman–Crippen MR) is 53.7 cm³/mol. The zero-order chi connectivity index (χ0) is 11.4. The van der Waals surface area contributed by atoms with Crippen LogP contribution in [-0.4, -0.2) is 24.8 Å². The molecule has 0 spiro atoms. The van der Waals surface area contributed by atoms with Gasteiger partial charge in [-0.3, -0.25) is 4.79 Å². The number of carboxylic acids is 1. The Morgan fingerprint density at radius 2 is 2.33 bits per heavy atom. The maximum atomic E-state index is 12.8. The second kappa shape index (κ2) is 5.09. The van der Waals surface area contributed by atoms with Crippen molar-refractivity contribution in [3.05, 3.63) is 34.6 Å². The van der Waals surface area contributed by atoms with Gasteiger partial charge in [-0.1, -0.05) is 17.7 Å². The molecule has 1 aromatic rings. The van der Waals surface area contributed by atoms with Crippen LogP contribution in [-0.2, 0) is 9.53 Å². The van der Waals surface area contributed by atoms with Crippen molar-refractivity contribution < 1.29 is 19.0 Å². The molecular weight excluding hydrogens is 223 g/mol. The minimum absolute atomic E-state index is 0.0251. The van der Waals surface area contributed by atoms with Crippen molar-refractivity contribution in [1.82, 2.24) is 0 Å². The summed E-state index contributed by atoms with van der Waals surface area (Å²) < 4.78 is 17.6. The van der Waals surface area contributed by atoms with Crippen LogP contribution in [0.4, 0.5) is 4.39 Å². The summed E-state index contributed by atoms with van der Waals surface area (Å²) in [5.74, 6) is -2.42. The van der Waals surface area contributed by atoms with Crippen LogP contribution in [0.15, 0.2) is 18.2 Å². The van der Waals surface area contributed by atoms with Crippen LogP contribution < -0.4 is 0 Å². The Balaban J connectivity index is 3.01. The average Bonchev–Trinajstić information content (AvgIpc) is 2.18. The monoisotopic (exact) mass is 232 g/mol. The Hall–Kier alpha value is -1.13. The van der Waals surface area contributed by atoms with Crippen molar-refractivity contribution >= 4 is 17.6 Å². The molecule has 0 fully saturated rings. The Morgan fingerprint density at radius 3 is 2.80 bits per heavy atom. The van der Waals surface area contributed by atoms with Gasteiger partial charge in [0.05, 0.1) is 11.6 Å². The maximum absolute atomic E-state index is 12.8. The van der Waals surface area contributed by atoms with E-state index >= 15 is 0 Å². The summed E-state index contributed by atoms with van der Waals surface area (Å²) in [7, 11) is 1.40. The van der Waals surface area contributed by atoms with Crippen molar-refractivity contribution in [1.29, 1.82) is 0 Å². The summed E-state index contributed by atoms with van der Waals surface area (Å²) in [4.78, 5) is 10.9. The van der Waals surface area contributed by atoms with Crippen LogP contribution in [0.2, 0.25) is 5.02 Å². The lowest BCUT2D eigenvalue weighted by molar-refractivity contribution is -0.140. The van der Waals surface area contributed by atoms with Gasteiger partial charge in [-0.15, -0.1) is 0 Å². The topological polar surface area (TPSA) is 46.5 Å². The average molecular weight is 233 g/mol. The van der Waals surface area contributed by atoms with Crippen molar-refractivity contribution in [2.24, 2.45) is 0 Å². The smallest absolute Gasteiger partial charge is 0.313 e. The third-order valence-corrected chi connectivity index (χ3v) is 2.27. The van der Waals surface area contributed by atoms with Gasteiger partial charge < -0.3 is 9.84 Å². The zero-order valence-corrected chi connectivity index (χ0v) is 8.79. The number of benzene rings is 1. The summed E-state index contributed by atoms with van der Waals surface area (Å²) in [5.41, 5.74) is 0.427. The summed E-state index contributed by atoms with van der Waals surface area (Å²) in [6.07, 6.45) is 0. The molecule has 0 aromatic heterocycles. The number of halogens is 2. The molecule has 0 aliphatic carbocycles. The van der Waals surface area contributed by atoms with Gasteiger partial charge in [-0.25, -0.2) is 4.39 Å². The molecule has 1 aromatic carbocycles. The molecule has 0 aliphatic heterocycles. The number of carbonyl (C=O) groups is 1. The van der Waals surface area contributed by atoms with Gasteiger partial charge >= 0.3 is 5.97 Å². The Bertz CT molecular complexity index is 368. The van der Waals surface area contributed by atoms with Gasteiger partial charge in [0.25, 0.3) is 0 Å². The van der Waals surface area contributed by atoms with Gasteiger partial charge in [0.2, 0.25) is 0 Å². The highest BCUT2D eigenvalue weighted by atomic mass is 35.5. The molecule has 1 rings (SSSR count). The van der Waals surface area contributed by atoms with Gasteiger partial charge in [0.1, 0.15) is 11.7 Å². The van der Waals surface area contributed by atoms with E-state index in [9.17, 15) is 9.18 Å². The Labute approximate surface area is 91.4 Å². The first-order valence-corrected chi connectivity index (χ1v) is 4.60. The molecule has 82 valence electrons. The molecule has 0 aliphatic rings. The minimum Gasteiger partial charge on any atom is -0.481 e. The quantitative estimate of drug-likeness (QED) is 0.867. The standard InChI is InChI=1S/C10H10ClFO3/c1-15-5-7(10(13)14)6-2-3-9(12)8(11)4-6/h2-4,7H,5H2,1H3,(H,13,14). The highest BCUT2D eigenvalue weighted by molar-refractivity contribution is 6.30. The molecule has 0 amide bonds. The molecule has 1 N–H and O–H groups in total. The molecule has 0 saturated carbocycles. The molecule has 0 radical (unpaired) electrons. The van der Waals surface area contributed by atoms with Crippen LogP contribution in [0.5, 0.6) is 0 Å². The number of aliphatic carboxylic acids is 1. The second-order valence-electron chi connectivity index (χ2n) is 3.02. The second-order valence-corrected chi connectivity index (χ2v) is 3.43. The van der Waals surface area contributed by atoms with Crippen molar-refractivity contribution in [2.75, 3.05) is 13.7 Å². The summed E-state index contributed by atoms with van der Waals surface area (Å²) >= 11 is 5.55. The van der Waals surface area contributed by atoms with Gasteiger partial charge in [0, 0.05) is 7.11 Å². The molecule has 0 saturated heterocycles. The number of methoxy groups -OCH3 is 1. The molecule has 15 heavy (non-hydrogen) atoms. The largest absolute Gasteiger partial charge is 0.481 e. The van der Waals surface area contributed by atoms with E-state index in [1.165, 1.54) is 19.2 Å². The van der Waals surface area contributed by atoms with E-state index in [0.29, 0.717) is 5.56 Å². The lowest BCUT2D eigenvalue weighted by atomic mass is 10.0. The summed E-state index contributed by atoms with van der Waals surface area (Å²) in [6, 6.07) is 3.83. The van der Waals surface area contributed by atoms with Crippen LogP contribution >= 0.6 is 11.6 Å². The molecular formula is C10H10ClFO3. The van der Waals surface area contributed by atoms with Crippen LogP contribution in [0.25, 0.3) is 0 Å². The number of hydrogen-bond donors (Lipinski definition) is 1. The van der Waals surface area contributed by atoms with E-state index in [0.717, 1.165) is 6.07 Å². The van der Waals surface area contributed by atoms with Crippen molar-refractivity contribution in [2.45, 2.75) is 5.92 Å². The predicted octanol–water partition coefficient (Wildman–Crippen LogP) is 2.29. The Morgan fingerprint density at radius 1 is 1.67 bits per heavy atom. The SMILES string of the molecule is COCC(C(=O)O)c1ccc(F)c(Cl)c1. The molecule has 1 unspecified atom stereocenters. The number of rotatable bonds is 4. The van der Waals surface area contributed by atoms with Gasteiger partial charge in [0.15, 0.2) is 0 Å². The normalized spacial score (nSPS) is 12.5. The fourth-order valence-electron chi connectivity index (χ4n) is 1.21. The first-order chi connectivity index (χ1) is 7.06.